The van der Waals surface area contributed by atoms with Crippen molar-refractivity contribution in [2.24, 2.45) is 0 Å². The Balaban J connectivity index is 2.35. The van der Waals surface area contributed by atoms with Gasteiger partial charge in [0.05, 0.1) is 4.88 Å². The van der Waals surface area contributed by atoms with E-state index >= 15 is 0 Å². The average molecular weight is 281 g/mol. The summed E-state index contributed by atoms with van der Waals surface area (Å²) in [7, 11) is 0. The van der Waals surface area contributed by atoms with Crippen LogP contribution in [0.15, 0.2) is 11.4 Å². The number of hydrogen-bond acceptors (Lipinski definition) is 3. The molecule has 1 fully saturated rings. The van der Waals surface area contributed by atoms with E-state index in [4.69, 9.17) is 0 Å². The number of rotatable bonds is 4. The highest BCUT2D eigenvalue weighted by Gasteiger charge is 2.49. The van der Waals surface area contributed by atoms with E-state index in [-0.39, 0.29) is 5.91 Å². The van der Waals surface area contributed by atoms with Crippen LogP contribution >= 0.6 is 11.3 Å². The van der Waals surface area contributed by atoms with Gasteiger partial charge in [0.25, 0.3) is 5.91 Å². The van der Waals surface area contributed by atoms with Crippen LogP contribution < -0.4 is 0 Å². The Morgan fingerprint density at radius 3 is 2.79 bits per heavy atom. The highest BCUT2D eigenvalue weighted by molar-refractivity contribution is 7.12. The van der Waals surface area contributed by atoms with Crippen LogP contribution in [0.25, 0.3) is 0 Å². The number of amides is 1. The normalized spacial score (nSPS) is 22.7. The van der Waals surface area contributed by atoms with Crippen molar-refractivity contribution in [2.45, 2.75) is 45.1 Å². The average Bonchev–Trinajstić information content (AvgIpc) is 2.96. The second-order valence-electron chi connectivity index (χ2n) is 5.08. The van der Waals surface area contributed by atoms with Gasteiger partial charge in [0.15, 0.2) is 0 Å². The molecule has 0 bridgehead atoms. The maximum absolute atomic E-state index is 12.6. The van der Waals surface area contributed by atoms with Gasteiger partial charge in [-0.15, -0.1) is 11.3 Å². The highest BCUT2D eigenvalue weighted by Crippen LogP contribution is 2.36. The zero-order chi connectivity index (χ0) is 14.0. The summed E-state index contributed by atoms with van der Waals surface area (Å²) in [5.41, 5.74) is -0.0693. The van der Waals surface area contributed by atoms with E-state index in [1.165, 1.54) is 11.3 Å². The number of hydrogen-bond donors (Lipinski definition) is 1. The molecule has 1 saturated heterocycles. The summed E-state index contributed by atoms with van der Waals surface area (Å²) >= 11 is 1.39. The van der Waals surface area contributed by atoms with Crippen molar-refractivity contribution >= 4 is 23.2 Å². The minimum atomic E-state index is -0.998. The molecule has 0 spiro atoms. The first-order chi connectivity index (χ1) is 9.03. The van der Waals surface area contributed by atoms with Crippen LogP contribution in [0.1, 0.15) is 47.8 Å². The predicted molar refractivity (Wildman–Crippen MR) is 74.6 cm³/mol. The summed E-state index contributed by atoms with van der Waals surface area (Å²) in [5, 5.41) is 11.5. The molecule has 1 aromatic rings. The first-order valence-electron chi connectivity index (χ1n) is 6.62. The number of aryl methyl sites for hydroxylation is 1. The molecule has 1 atom stereocenters. The van der Waals surface area contributed by atoms with Crippen LogP contribution in [0, 0.1) is 6.92 Å². The zero-order valence-corrected chi connectivity index (χ0v) is 12.1. The van der Waals surface area contributed by atoms with Crippen molar-refractivity contribution in [1.82, 2.24) is 4.90 Å². The van der Waals surface area contributed by atoms with E-state index in [0.717, 1.165) is 18.4 Å². The smallest absolute Gasteiger partial charge is 0.329 e. The van der Waals surface area contributed by atoms with Crippen molar-refractivity contribution in [3.63, 3.8) is 0 Å². The molecule has 2 heterocycles. The summed E-state index contributed by atoms with van der Waals surface area (Å²) in [6.07, 6.45) is 2.62. The van der Waals surface area contributed by atoms with Crippen LogP contribution in [-0.4, -0.2) is 34.0 Å². The largest absolute Gasteiger partial charge is 0.479 e. The van der Waals surface area contributed by atoms with Gasteiger partial charge in [-0.2, -0.15) is 0 Å². The molecule has 0 aliphatic carbocycles. The Morgan fingerprint density at radius 2 is 2.26 bits per heavy atom. The van der Waals surface area contributed by atoms with Gasteiger partial charge < -0.3 is 10.0 Å². The molecule has 0 radical (unpaired) electrons. The highest BCUT2D eigenvalue weighted by atomic mass is 32.1. The fourth-order valence-corrected chi connectivity index (χ4v) is 3.76. The topological polar surface area (TPSA) is 57.6 Å². The van der Waals surface area contributed by atoms with Crippen LogP contribution in [0.5, 0.6) is 0 Å². The summed E-state index contributed by atoms with van der Waals surface area (Å²) in [6, 6.07) is 1.90. The summed E-state index contributed by atoms with van der Waals surface area (Å²) in [5.74, 6) is -0.991. The number of thiophene rings is 1. The number of aliphatic carboxylic acids is 1. The van der Waals surface area contributed by atoms with Crippen molar-refractivity contribution in [1.29, 1.82) is 0 Å². The molecule has 1 aliphatic rings. The van der Waals surface area contributed by atoms with Gasteiger partial charge in [-0.3, -0.25) is 4.79 Å². The van der Waals surface area contributed by atoms with Crippen molar-refractivity contribution < 1.29 is 14.7 Å². The van der Waals surface area contributed by atoms with E-state index in [0.29, 0.717) is 24.3 Å². The molecule has 2 rings (SSSR count). The fraction of sp³-hybridized carbons (Fsp3) is 0.571. The van der Waals surface area contributed by atoms with Gasteiger partial charge in [0.2, 0.25) is 0 Å². The Hall–Kier alpha value is -1.36. The Morgan fingerprint density at radius 1 is 1.53 bits per heavy atom. The molecule has 104 valence electrons. The lowest BCUT2D eigenvalue weighted by Gasteiger charge is -2.34. The predicted octanol–water partition coefficient (Wildman–Crippen LogP) is 2.92. The molecule has 0 saturated carbocycles. The van der Waals surface area contributed by atoms with Gasteiger partial charge in [-0.05, 0) is 43.2 Å². The lowest BCUT2D eigenvalue weighted by Crippen LogP contribution is -2.53. The summed E-state index contributed by atoms with van der Waals surface area (Å²) in [6.45, 7) is 4.40. The van der Waals surface area contributed by atoms with Crippen LogP contribution in [0.3, 0.4) is 0 Å². The quantitative estimate of drug-likeness (QED) is 0.923. The number of carbonyl (C=O) groups excluding carboxylic acids is 1. The van der Waals surface area contributed by atoms with Crippen LogP contribution in [-0.2, 0) is 4.79 Å². The van der Waals surface area contributed by atoms with E-state index < -0.39 is 11.5 Å². The van der Waals surface area contributed by atoms with Gasteiger partial charge in [-0.1, -0.05) is 13.3 Å². The SMILES string of the molecule is CCCC1(C(=O)O)CCCN1C(=O)c1sccc1C. The van der Waals surface area contributed by atoms with Gasteiger partial charge in [0, 0.05) is 6.54 Å². The first kappa shape index (κ1) is 14.1. The zero-order valence-electron chi connectivity index (χ0n) is 11.3. The molecule has 1 aliphatic heterocycles. The molecule has 4 nitrogen and oxygen atoms in total. The van der Waals surface area contributed by atoms with Gasteiger partial charge in [-0.25, -0.2) is 4.79 Å². The lowest BCUT2D eigenvalue weighted by molar-refractivity contribution is -0.148. The van der Waals surface area contributed by atoms with Crippen LogP contribution in [0.2, 0.25) is 0 Å². The third-order valence-corrected chi connectivity index (χ3v) is 4.86. The molecule has 5 heteroatoms. The minimum absolute atomic E-state index is 0.124. The van der Waals surface area contributed by atoms with Gasteiger partial charge >= 0.3 is 5.97 Å². The minimum Gasteiger partial charge on any atom is -0.479 e. The number of nitrogens with zero attached hydrogens (tertiary/aromatic N) is 1. The monoisotopic (exact) mass is 281 g/mol. The van der Waals surface area contributed by atoms with Crippen molar-refractivity contribution in [3.8, 4) is 0 Å². The van der Waals surface area contributed by atoms with Crippen LogP contribution in [0.4, 0.5) is 0 Å². The van der Waals surface area contributed by atoms with Gasteiger partial charge in [0.1, 0.15) is 5.54 Å². The maximum Gasteiger partial charge on any atom is 0.329 e. The molecule has 19 heavy (non-hydrogen) atoms. The Kier molecular flexibility index (Phi) is 3.94. The molecule has 1 amide bonds. The molecule has 0 aromatic carbocycles. The maximum atomic E-state index is 12.6. The number of carbonyl (C=O) groups is 2. The van der Waals surface area contributed by atoms with E-state index in [9.17, 15) is 14.7 Å². The fourth-order valence-electron chi connectivity index (χ4n) is 2.89. The first-order valence-corrected chi connectivity index (χ1v) is 7.50. The summed E-state index contributed by atoms with van der Waals surface area (Å²) < 4.78 is 0. The second-order valence-corrected chi connectivity index (χ2v) is 6.00. The standard InChI is InChI=1S/C14H19NO3S/c1-3-6-14(13(17)18)7-4-8-15(14)12(16)11-10(2)5-9-19-11/h5,9H,3-4,6-8H2,1-2H3,(H,17,18). The summed E-state index contributed by atoms with van der Waals surface area (Å²) in [4.78, 5) is 26.5. The Labute approximate surface area is 117 Å². The molecule has 1 aromatic heterocycles. The number of carboxylic acid groups (broad SMARTS) is 1. The Bertz CT molecular complexity index is 497. The van der Waals surface area contributed by atoms with Crippen molar-refractivity contribution in [3.05, 3.63) is 21.9 Å². The molecule has 1 N–H and O–H groups in total. The lowest BCUT2D eigenvalue weighted by atomic mass is 9.90. The molecule has 1 unspecified atom stereocenters. The number of carboxylic acids is 1. The van der Waals surface area contributed by atoms with E-state index in [1.54, 1.807) is 4.90 Å². The third kappa shape index (κ3) is 2.27. The second kappa shape index (κ2) is 5.33. The third-order valence-electron chi connectivity index (χ3n) is 3.85. The molecular weight excluding hydrogens is 262 g/mol. The van der Waals surface area contributed by atoms with E-state index in [1.807, 2.05) is 25.3 Å². The van der Waals surface area contributed by atoms with Crippen molar-refractivity contribution in [2.75, 3.05) is 6.54 Å². The van der Waals surface area contributed by atoms with E-state index in [2.05, 4.69) is 0 Å². The number of likely N-dealkylation sites (tertiary alicyclic amines) is 1. The molecular formula is C14H19NO3S.